The molecule has 0 fully saturated rings. The molecule has 22 nitrogen and oxygen atoms in total. The number of ether oxygens (including phenoxy) is 1. The SMILES string of the molecule is COC(=O)c1ccccc1N=Nc1c(S(=O)(=O)[O-])cc2c(S(=O)(=O)[O-])cc(N=Nc3ccc4cc(SOO[O-])c(N=Nc5ccccc5C(=O)[O-])c(O)c4c3)c(N)c2c1O.[Na+].[Na+].[Na+].[Na+]. The van der Waals surface area contributed by atoms with Gasteiger partial charge >= 0.3 is 124 Å². The van der Waals surface area contributed by atoms with Gasteiger partial charge in [-0.3, -0.25) is 5.04 Å². The second kappa shape index (κ2) is 24.2. The number of phenolic OH excluding ortho intramolecular Hbond substituents is 2. The van der Waals surface area contributed by atoms with Crippen molar-refractivity contribution in [2.75, 3.05) is 12.8 Å². The first kappa shape index (κ1) is 57.2. The molecule has 6 rings (SSSR count). The predicted molar refractivity (Wildman–Crippen MR) is 201 cm³/mol. The van der Waals surface area contributed by atoms with Crippen LogP contribution in [0.15, 0.2) is 130 Å². The molecule has 0 unspecified atom stereocenters. The van der Waals surface area contributed by atoms with Crippen molar-refractivity contribution >= 4 is 106 Å². The van der Waals surface area contributed by atoms with E-state index in [4.69, 9.17) is 5.73 Å². The number of nitrogen functional groups attached to an aromatic ring is 1. The topological polar surface area (TPSA) is 363 Å². The maximum Gasteiger partial charge on any atom is 1.00 e. The maximum atomic E-state index is 12.5. The van der Waals surface area contributed by atoms with Gasteiger partial charge in [-0.1, -0.05) is 36.4 Å². The van der Waals surface area contributed by atoms with Crippen LogP contribution in [0.3, 0.4) is 0 Å². The van der Waals surface area contributed by atoms with Crippen molar-refractivity contribution in [1.82, 2.24) is 0 Å². The van der Waals surface area contributed by atoms with Crippen molar-refractivity contribution in [2.45, 2.75) is 14.7 Å². The number of carbonyl (C=O) groups is 2. The van der Waals surface area contributed by atoms with E-state index in [0.29, 0.717) is 24.2 Å². The number of aromatic hydroxyl groups is 2. The Kier molecular flexibility index (Phi) is 21.6. The minimum absolute atomic E-state index is 0. The van der Waals surface area contributed by atoms with E-state index in [-0.39, 0.29) is 168 Å². The third-order valence-electron chi connectivity index (χ3n) is 8.27. The molecule has 0 bridgehead atoms. The van der Waals surface area contributed by atoms with Gasteiger partial charge in [-0.05, 0) is 53.9 Å². The summed E-state index contributed by atoms with van der Waals surface area (Å²) in [6, 6.07) is 17.3. The van der Waals surface area contributed by atoms with E-state index in [1.165, 1.54) is 72.8 Å². The number of esters is 1. The first-order chi connectivity index (χ1) is 28.4. The van der Waals surface area contributed by atoms with Gasteiger partial charge in [0.15, 0.2) is 11.5 Å². The number of methoxy groups -OCH3 is 1. The Bertz CT molecular complexity index is 3090. The van der Waals surface area contributed by atoms with Crippen LogP contribution in [0.4, 0.5) is 39.8 Å². The number of nitrogens with zero attached hydrogens (tertiary/aromatic N) is 6. The third kappa shape index (κ3) is 12.7. The fourth-order valence-corrected chi connectivity index (χ4v) is 7.40. The molecule has 0 heterocycles. The quantitative estimate of drug-likeness (QED) is 0.0142. The van der Waals surface area contributed by atoms with E-state index in [1.54, 1.807) is 0 Å². The molecule has 4 N–H and O–H groups in total. The van der Waals surface area contributed by atoms with Gasteiger partial charge in [-0.25, -0.2) is 21.6 Å². The molecule has 0 radical (unpaired) electrons. The van der Waals surface area contributed by atoms with Crippen LogP contribution in [0.5, 0.6) is 11.5 Å². The second-order valence-corrected chi connectivity index (χ2v) is 15.3. The average Bonchev–Trinajstić information content (AvgIpc) is 3.21. The maximum absolute atomic E-state index is 12.5. The molecular formula is C35H21N7Na4O15S3. The summed E-state index contributed by atoms with van der Waals surface area (Å²) in [5.74, 6) is -4.25. The average molecular weight is 968 g/mol. The summed E-state index contributed by atoms with van der Waals surface area (Å²) in [7, 11) is -10.1. The van der Waals surface area contributed by atoms with E-state index in [1.807, 2.05) is 0 Å². The van der Waals surface area contributed by atoms with E-state index < -0.39 is 81.3 Å². The van der Waals surface area contributed by atoms with Crippen LogP contribution in [-0.4, -0.2) is 55.2 Å². The van der Waals surface area contributed by atoms with Gasteiger partial charge in [0, 0.05) is 16.3 Å². The summed E-state index contributed by atoms with van der Waals surface area (Å²) in [4.78, 5) is 21.3. The zero-order valence-corrected chi connectivity index (χ0v) is 44.2. The molecule has 0 aliphatic rings. The zero-order chi connectivity index (χ0) is 43.5. The van der Waals surface area contributed by atoms with Crippen LogP contribution in [0.1, 0.15) is 20.7 Å². The Balaban J connectivity index is 0.00000352. The molecule has 0 saturated heterocycles. The molecule has 308 valence electrons. The van der Waals surface area contributed by atoms with Gasteiger partial charge in [-0.2, -0.15) is 9.45 Å². The second-order valence-electron chi connectivity index (χ2n) is 11.8. The number of carbonyl (C=O) groups excluding carboxylic acids is 2. The van der Waals surface area contributed by atoms with Crippen LogP contribution in [0, 0.1) is 0 Å². The van der Waals surface area contributed by atoms with Crippen molar-refractivity contribution < 1.29 is 188 Å². The number of anilines is 1. The number of fused-ring (bicyclic) bond motifs is 2. The number of hydrogen-bond donors (Lipinski definition) is 3. The summed E-state index contributed by atoms with van der Waals surface area (Å²) in [5.41, 5.74) is 2.86. The van der Waals surface area contributed by atoms with Gasteiger partial charge < -0.3 is 44.9 Å². The molecule has 29 heteroatoms. The van der Waals surface area contributed by atoms with E-state index in [0.717, 1.165) is 7.11 Å². The van der Waals surface area contributed by atoms with Crippen LogP contribution < -0.4 is 134 Å². The molecule has 0 aliphatic heterocycles. The normalized spacial score (nSPS) is 11.6. The van der Waals surface area contributed by atoms with E-state index >= 15 is 0 Å². The molecule has 64 heavy (non-hydrogen) atoms. The Morgan fingerprint density at radius 1 is 0.672 bits per heavy atom. The molecule has 0 aromatic heterocycles. The summed E-state index contributed by atoms with van der Waals surface area (Å²) in [5, 5.41) is 70.3. The Morgan fingerprint density at radius 3 is 1.81 bits per heavy atom. The predicted octanol–water partition coefficient (Wildman–Crippen LogP) is -6.56. The number of carboxylic acid groups (broad SMARTS) is 1. The molecule has 0 aliphatic carbocycles. The first-order valence-corrected chi connectivity index (χ1v) is 19.7. The number of hydrogen-bond acceptors (Lipinski definition) is 23. The number of benzene rings is 6. The van der Waals surface area contributed by atoms with Crippen molar-refractivity contribution in [2.24, 2.45) is 30.7 Å². The zero-order valence-electron chi connectivity index (χ0n) is 33.8. The number of rotatable bonds is 13. The van der Waals surface area contributed by atoms with Gasteiger partial charge in [0.05, 0.1) is 67.8 Å². The molecule has 0 amide bonds. The summed E-state index contributed by atoms with van der Waals surface area (Å²) >= 11 is 0.338. The molecule has 6 aromatic carbocycles. The Hall–Kier alpha value is -2.97. The molecular weight excluding hydrogens is 947 g/mol. The molecule has 0 atom stereocenters. The fourth-order valence-electron chi connectivity index (χ4n) is 5.58. The monoisotopic (exact) mass is 967 g/mol. The Morgan fingerprint density at radius 2 is 1.23 bits per heavy atom. The molecule has 0 spiro atoms. The first-order valence-electron chi connectivity index (χ1n) is 16.1. The number of phenols is 2. The third-order valence-corrected chi connectivity index (χ3v) is 10.6. The van der Waals surface area contributed by atoms with Gasteiger partial charge in [0.2, 0.25) is 0 Å². The van der Waals surface area contributed by atoms with Gasteiger partial charge in [0.25, 0.3) is 0 Å². The summed E-state index contributed by atoms with van der Waals surface area (Å²) < 4.78 is 83.8. The van der Waals surface area contributed by atoms with Crippen molar-refractivity contribution in [1.29, 1.82) is 0 Å². The van der Waals surface area contributed by atoms with Gasteiger partial charge in [-0.15, -0.1) is 25.6 Å². The van der Waals surface area contributed by atoms with Crippen LogP contribution in [-0.2, 0) is 34.3 Å². The minimum atomic E-state index is -5.59. The van der Waals surface area contributed by atoms with Crippen LogP contribution >= 0.6 is 12.0 Å². The number of nitrogens with two attached hydrogens (primary N) is 1. The standard InChI is InChI=1S/C35H25N7O15S3.4Na/c1-55-35(47)19-7-3-5-9-23(19)39-42-31-27(60(52,53)54)14-21-26(59(49,50)51)15-24(29(36)28(21)33(31)44)40-37-17-11-10-16-12-25(58-57-56-48)30(32(43)20(16)13-17)41-38-22-8-4-2-6-18(22)34(45)46;;;;/h2-15,43-44,48H,36H2,1H3,(H,45,46)(H,49,50,51)(H,52,53,54);;;;/q;4*+1/p-4. The minimum Gasteiger partial charge on any atom is -0.744 e. The van der Waals surface area contributed by atoms with E-state index in [2.05, 4.69) is 44.8 Å². The fraction of sp³-hybridized carbons (Fsp3) is 0.0286. The van der Waals surface area contributed by atoms with Crippen LogP contribution in [0.2, 0.25) is 0 Å². The number of azo groups is 3. The van der Waals surface area contributed by atoms with Crippen molar-refractivity contribution in [3.05, 3.63) is 96.1 Å². The Labute approximate surface area is 454 Å². The van der Waals surface area contributed by atoms with E-state index in [9.17, 15) is 56.1 Å². The largest absolute Gasteiger partial charge is 1.00 e. The summed E-state index contributed by atoms with van der Waals surface area (Å²) in [6.45, 7) is 0. The van der Waals surface area contributed by atoms with Crippen LogP contribution in [0.25, 0.3) is 21.5 Å². The number of aromatic carboxylic acids is 1. The molecule has 6 aromatic rings. The summed E-state index contributed by atoms with van der Waals surface area (Å²) in [6.07, 6.45) is 0. The van der Waals surface area contributed by atoms with Gasteiger partial charge in [0.1, 0.15) is 43.0 Å². The molecule has 0 saturated carbocycles. The van der Waals surface area contributed by atoms with Crippen molar-refractivity contribution in [3.63, 3.8) is 0 Å². The number of carboxylic acids is 1. The smallest absolute Gasteiger partial charge is 0.744 e. The van der Waals surface area contributed by atoms with Crippen molar-refractivity contribution in [3.8, 4) is 11.5 Å².